The minimum atomic E-state index is -3.59. The van der Waals surface area contributed by atoms with Gasteiger partial charge in [0.05, 0.1) is 15.8 Å². The van der Waals surface area contributed by atoms with E-state index in [1.807, 2.05) is 13.8 Å². The van der Waals surface area contributed by atoms with Crippen LogP contribution in [-0.4, -0.2) is 30.6 Å². The summed E-state index contributed by atoms with van der Waals surface area (Å²) in [5.74, 6) is -0.594. The van der Waals surface area contributed by atoms with Gasteiger partial charge in [-0.15, -0.1) is 11.3 Å². The summed E-state index contributed by atoms with van der Waals surface area (Å²) < 4.78 is 29.1. The molecule has 1 atom stereocenters. The molecule has 0 unspecified atom stereocenters. The fourth-order valence-corrected chi connectivity index (χ4v) is 4.62. The van der Waals surface area contributed by atoms with Gasteiger partial charge in [-0.2, -0.15) is 0 Å². The number of hydrogen-bond donors (Lipinski definition) is 1. The summed E-state index contributed by atoms with van der Waals surface area (Å²) in [6.45, 7) is 5.33. The van der Waals surface area contributed by atoms with Crippen molar-refractivity contribution in [1.29, 1.82) is 0 Å². The second-order valence-corrected chi connectivity index (χ2v) is 9.42. The average molecular weight is 406 g/mol. The highest BCUT2D eigenvalue weighted by Crippen LogP contribution is 2.27. The number of fused-ring (bicyclic) bond motifs is 1. The number of hydrogen-bond acceptors (Lipinski definition) is 7. The number of benzene rings is 1. The molecule has 2 aromatic heterocycles. The molecule has 0 bridgehead atoms. The van der Waals surface area contributed by atoms with Crippen LogP contribution in [0.1, 0.15) is 39.7 Å². The van der Waals surface area contributed by atoms with E-state index in [1.54, 1.807) is 13.0 Å². The van der Waals surface area contributed by atoms with Crippen molar-refractivity contribution in [2.45, 2.75) is 31.8 Å². The van der Waals surface area contributed by atoms with Crippen LogP contribution < -0.4 is 5.56 Å². The van der Waals surface area contributed by atoms with Crippen LogP contribution in [0, 0.1) is 13.8 Å². The van der Waals surface area contributed by atoms with Crippen LogP contribution in [0.3, 0.4) is 0 Å². The zero-order chi connectivity index (χ0) is 19.9. The molecule has 27 heavy (non-hydrogen) atoms. The molecule has 0 saturated heterocycles. The summed E-state index contributed by atoms with van der Waals surface area (Å²) >= 11 is 1.39. The Hall–Kier alpha value is -2.52. The van der Waals surface area contributed by atoms with Crippen molar-refractivity contribution in [2.75, 3.05) is 6.26 Å². The van der Waals surface area contributed by atoms with Crippen molar-refractivity contribution in [2.24, 2.45) is 0 Å². The van der Waals surface area contributed by atoms with Gasteiger partial charge < -0.3 is 9.72 Å². The Morgan fingerprint density at radius 2 is 1.93 bits per heavy atom. The van der Waals surface area contributed by atoms with Crippen molar-refractivity contribution < 1.29 is 17.9 Å². The van der Waals surface area contributed by atoms with E-state index in [1.165, 1.54) is 29.5 Å². The molecule has 2 heterocycles. The first-order valence-electron chi connectivity index (χ1n) is 8.09. The fourth-order valence-electron chi connectivity index (χ4n) is 2.70. The lowest BCUT2D eigenvalue weighted by Crippen LogP contribution is -2.18. The van der Waals surface area contributed by atoms with Gasteiger partial charge in [0, 0.05) is 11.1 Å². The first-order chi connectivity index (χ1) is 12.6. The van der Waals surface area contributed by atoms with Crippen LogP contribution in [0.15, 0.2) is 34.0 Å². The van der Waals surface area contributed by atoms with Crippen molar-refractivity contribution >= 4 is 37.4 Å². The minimum absolute atomic E-state index is 0.0573. The summed E-state index contributed by atoms with van der Waals surface area (Å²) in [4.78, 5) is 33.4. The third-order valence-corrected chi connectivity index (χ3v) is 6.49. The second kappa shape index (κ2) is 6.90. The minimum Gasteiger partial charge on any atom is -0.451 e. The smallest absolute Gasteiger partial charge is 0.340 e. The summed E-state index contributed by atoms with van der Waals surface area (Å²) in [5, 5.41) is 0.530. The number of aromatic amines is 1. The van der Waals surface area contributed by atoms with Gasteiger partial charge in [-0.05, 0) is 38.5 Å². The number of nitrogens with one attached hydrogen (secondary N) is 1. The molecule has 0 amide bonds. The van der Waals surface area contributed by atoms with Crippen molar-refractivity contribution in [3.63, 3.8) is 0 Å². The van der Waals surface area contributed by atoms with Gasteiger partial charge >= 0.3 is 5.97 Å². The molecule has 0 aliphatic carbocycles. The molecule has 3 aromatic rings. The quantitative estimate of drug-likeness (QED) is 0.668. The zero-order valence-electron chi connectivity index (χ0n) is 15.2. The van der Waals surface area contributed by atoms with Gasteiger partial charge in [0.1, 0.15) is 4.83 Å². The Morgan fingerprint density at radius 1 is 1.26 bits per heavy atom. The van der Waals surface area contributed by atoms with Crippen molar-refractivity contribution in [1.82, 2.24) is 9.97 Å². The molecule has 9 heteroatoms. The van der Waals surface area contributed by atoms with Crippen LogP contribution in [0.2, 0.25) is 0 Å². The Kier molecular flexibility index (Phi) is 4.92. The number of sulfone groups is 1. The average Bonchev–Trinajstić information content (AvgIpc) is 2.88. The molecule has 0 radical (unpaired) electrons. The van der Waals surface area contributed by atoms with E-state index >= 15 is 0 Å². The highest BCUT2D eigenvalue weighted by molar-refractivity contribution is 7.90. The molecular formula is C18H18N2O5S2. The lowest BCUT2D eigenvalue weighted by Gasteiger charge is -2.14. The van der Waals surface area contributed by atoms with Gasteiger partial charge in [-0.1, -0.05) is 12.1 Å². The summed E-state index contributed by atoms with van der Waals surface area (Å²) in [6, 6.07) is 5.82. The maximum atomic E-state index is 12.5. The van der Waals surface area contributed by atoms with Crippen LogP contribution in [-0.2, 0) is 14.6 Å². The lowest BCUT2D eigenvalue weighted by molar-refractivity contribution is 0.0315. The predicted octanol–water partition coefficient (Wildman–Crippen LogP) is 2.92. The number of carbonyl (C=O) groups is 1. The van der Waals surface area contributed by atoms with Gasteiger partial charge in [0.2, 0.25) is 0 Å². The predicted molar refractivity (Wildman–Crippen MR) is 103 cm³/mol. The maximum Gasteiger partial charge on any atom is 0.340 e. The van der Waals surface area contributed by atoms with E-state index in [4.69, 9.17) is 4.74 Å². The highest BCUT2D eigenvalue weighted by atomic mass is 32.2. The van der Waals surface area contributed by atoms with E-state index < -0.39 is 21.9 Å². The maximum absolute atomic E-state index is 12.5. The van der Waals surface area contributed by atoms with Crippen LogP contribution in [0.25, 0.3) is 10.2 Å². The number of rotatable bonds is 4. The van der Waals surface area contributed by atoms with Gasteiger partial charge in [0.15, 0.2) is 21.8 Å². The Balaban J connectivity index is 1.95. The first-order valence-corrected chi connectivity index (χ1v) is 10.8. The Labute approximate surface area is 160 Å². The molecule has 0 aliphatic rings. The van der Waals surface area contributed by atoms with Crippen LogP contribution >= 0.6 is 11.3 Å². The Bertz CT molecular complexity index is 1210. The van der Waals surface area contributed by atoms with E-state index in [2.05, 4.69) is 9.97 Å². The summed E-state index contributed by atoms with van der Waals surface area (Å²) in [6.07, 6.45) is 0.168. The molecule has 3 rings (SSSR count). The van der Waals surface area contributed by atoms with E-state index in [9.17, 15) is 18.0 Å². The zero-order valence-corrected chi connectivity index (χ0v) is 16.8. The van der Waals surface area contributed by atoms with E-state index in [0.29, 0.717) is 10.2 Å². The number of carbonyl (C=O) groups excluding carboxylic acids is 1. The molecular weight excluding hydrogens is 388 g/mol. The molecule has 0 fully saturated rings. The highest BCUT2D eigenvalue weighted by Gasteiger charge is 2.23. The summed E-state index contributed by atoms with van der Waals surface area (Å²) in [5.41, 5.74) is 0.524. The first kappa shape index (κ1) is 19.2. The lowest BCUT2D eigenvalue weighted by atomic mass is 10.2. The van der Waals surface area contributed by atoms with Crippen molar-refractivity contribution in [3.05, 3.63) is 56.4 Å². The third-order valence-electron chi connectivity index (χ3n) is 4.23. The second-order valence-electron chi connectivity index (χ2n) is 6.23. The molecule has 0 aliphatic heterocycles. The monoisotopic (exact) mass is 406 g/mol. The number of aromatic nitrogens is 2. The molecule has 1 N–H and O–H groups in total. The van der Waals surface area contributed by atoms with E-state index in [-0.39, 0.29) is 21.8 Å². The number of thiophene rings is 1. The molecule has 0 saturated carbocycles. The van der Waals surface area contributed by atoms with Gasteiger partial charge in [0.25, 0.3) is 5.56 Å². The SMILES string of the molecule is Cc1sc2nc([C@@H](C)OC(=O)c3ccccc3S(C)(=O)=O)[nH]c(=O)c2c1C. The molecule has 0 spiro atoms. The standard InChI is InChI=1S/C18H18N2O5S2/c1-9-11(3)26-17-14(9)16(21)19-15(20-17)10(2)25-18(22)12-7-5-6-8-13(12)27(4,23)24/h5-8,10H,1-4H3,(H,19,20,21)/t10-/m1/s1. The molecule has 7 nitrogen and oxygen atoms in total. The molecule has 1 aromatic carbocycles. The van der Waals surface area contributed by atoms with Crippen LogP contribution in [0.5, 0.6) is 0 Å². The van der Waals surface area contributed by atoms with Crippen LogP contribution in [0.4, 0.5) is 0 Å². The van der Waals surface area contributed by atoms with Gasteiger partial charge in [-0.25, -0.2) is 18.2 Å². The largest absolute Gasteiger partial charge is 0.451 e. The molecule has 142 valence electrons. The Morgan fingerprint density at radius 3 is 2.59 bits per heavy atom. The fraction of sp³-hybridized carbons (Fsp3) is 0.278. The number of nitrogens with zero attached hydrogens (tertiary/aromatic N) is 1. The topological polar surface area (TPSA) is 106 Å². The number of aryl methyl sites for hydroxylation is 2. The number of ether oxygens (including phenoxy) is 1. The van der Waals surface area contributed by atoms with Gasteiger partial charge in [-0.3, -0.25) is 4.79 Å². The number of H-pyrrole nitrogens is 1. The normalized spacial score (nSPS) is 12.9. The third kappa shape index (κ3) is 3.65. The van der Waals surface area contributed by atoms with Crippen molar-refractivity contribution in [3.8, 4) is 0 Å². The summed E-state index contributed by atoms with van der Waals surface area (Å²) in [7, 11) is -3.59. The number of esters is 1. The van der Waals surface area contributed by atoms with E-state index in [0.717, 1.165) is 16.7 Å².